The topological polar surface area (TPSA) is 66.5 Å². The van der Waals surface area contributed by atoms with Crippen LogP contribution < -0.4 is 10.2 Å². The van der Waals surface area contributed by atoms with E-state index >= 15 is 0 Å². The molecule has 1 saturated heterocycles. The number of benzene rings is 2. The van der Waals surface area contributed by atoms with E-state index in [0.29, 0.717) is 27.9 Å². The van der Waals surface area contributed by atoms with Gasteiger partial charge in [0.2, 0.25) is 11.8 Å². The number of imide groups is 1. The Balaban J connectivity index is 1.59. The zero-order chi connectivity index (χ0) is 20.7. The standard InChI is InChI=1S/C23H23ClN2O3/c1-13-9-10-17-18(11-13)23(29)26(22(17)28)16-6-3-5-15(12-16)21(27)25-20-8-4-7-19(24)14(20)2/h3-8,12-13,17-18H,9-11H2,1-2H3,(H,25,27)/t13-,17+,18+/m0/s1. The predicted octanol–water partition coefficient (Wildman–Crippen LogP) is 4.83. The van der Waals surface area contributed by atoms with Gasteiger partial charge in [0.1, 0.15) is 0 Å². The van der Waals surface area contributed by atoms with Crippen molar-refractivity contribution in [1.82, 2.24) is 0 Å². The third-order valence-electron chi connectivity index (χ3n) is 6.07. The van der Waals surface area contributed by atoms with Crippen LogP contribution in [-0.2, 0) is 9.59 Å². The van der Waals surface area contributed by atoms with E-state index in [0.717, 1.165) is 24.8 Å². The molecular weight excluding hydrogens is 388 g/mol. The van der Waals surface area contributed by atoms with Gasteiger partial charge < -0.3 is 5.32 Å². The van der Waals surface area contributed by atoms with Crippen LogP contribution in [0.15, 0.2) is 42.5 Å². The molecule has 29 heavy (non-hydrogen) atoms. The van der Waals surface area contributed by atoms with Crippen molar-refractivity contribution in [2.75, 3.05) is 10.2 Å². The number of carbonyl (C=O) groups excluding carboxylic acids is 3. The molecule has 2 aromatic carbocycles. The molecule has 0 radical (unpaired) electrons. The van der Waals surface area contributed by atoms with Gasteiger partial charge in [-0.3, -0.25) is 19.3 Å². The lowest BCUT2D eigenvalue weighted by Gasteiger charge is -2.25. The molecular formula is C23H23ClN2O3. The number of nitrogens with one attached hydrogen (secondary N) is 1. The Labute approximate surface area is 175 Å². The van der Waals surface area contributed by atoms with Gasteiger partial charge in [-0.05, 0) is 68.0 Å². The molecule has 1 aliphatic carbocycles. The summed E-state index contributed by atoms with van der Waals surface area (Å²) < 4.78 is 0. The van der Waals surface area contributed by atoms with Crippen LogP contribution in [0.4, 0.5) is 11.4 Å². The molecule has 6 heteroatoms. The molecule has 1 heterocycles. The van der Waals surface area contributed by atoms with Gasteiger partial charge in [0.25, 0.3) is 5.91 Å². The van der Waals surface area contributed by atoms with Crippen LogP contribution in [0, 0.1) is 24.7 Å². The fourth-order valence-corrected chi connectivity index (χ4v) is 4.54. The average Bonchev–Trinajstić information content (AvgIpc) is 2.95. The van der Waals surface area contributed by atoms with Crippen molar-refractivity contribution in [2.24, 2.45) is 17.8 Å². The SMILES string of the molecule is Cc1c(Cl)cccc1NC(=O)c1cccc(N2C(=O)[C@@H]3CC[C@H](C)C[C@H]3C2=O)c1. The van der Waals surface area contributed by atoms with Crippen LogP contribution in [0.3, 0.4) is 0 Å². The van der Waals surface area contributed by atoms with E-state index in [9.17, 15) is 14.4 Å². The number of anilines is 2. The summed E-state index contributed by atoms with van der Waals surface area (Å²) in [6, 6.07) is 12.0. The van der Waals surface area contributed by atoms with Gasteiger partial charge in [0, 0.05) is 16.3 Å². The summed E-state index contributed by atoms with van der Waals surface area (Å²) in [4.78, 5) is 39.9. The average molecular weight is 411 g/mol. The molecule has 5 nitrogen and oxygen atoms in total. The molecule has 3 atom stereocenters. The fraction of sp³-hybridized carbons (Fsp3) is 0.348. The van der Waals surface area contributed by atoms with E-state index in [4.69, 9.17) is 11.6 Å². The summed E-state index contributed by atoms with van der Waals surface area (Å²) in [6.45, 7) is 3.96. The molecule has 2 aromatic rings. The molecule has 0 spiro atoms. The van der Waals surface area contributed by atoms with Crippen LogP contribution in [0.1, 0.15) is 42.1 Å². The maximum absolute atomic E-state index is 12.9. The van der Waals surface area contributed by atoms with Crippen molar-refractivity contribution in [3.63, 3.8) is 0 Å². The highest BCUT2D eigenvalue weighted by Gasteiger charge is 2.50. The second-order valence-electron chi connectivity index (χ2n) is 8.06. The van der Waals surface area contributed by atoms with Crippen molar-refractivity contribution >= 4 is 40.7 Å². The van der Waals surface area contributed by atoms with Crippen molar-refractivity contribution in [1.29, 1.82) is 0 Å². The van der Waals surface area contributed by atoms with Gasteiger partial charge in [0.05, 0.1) is 17.5 Å². The number of fused-ring (bicyclic) bond motifs is 1. The Morgan fingerprint density at radius 2 is 1.79 bits per heavy atom. The highest BCUT2D eigenvalue weighted by atomic mass is 35.5. The number of halogens is 1. The first kappa shape index (κ1) is 19.6. The van der Waals surface area contributed by atoms with Crippen LogP contribution in [0.5, 0.6) is 0 Å². The summed E-state index contributed by atoms with van der Waals surface area (Å²) in [5.74, 6) is -0.624. The van der Waals surface area contributed by atoms with Gasteiger partial charge in [-0.1, -0.05) is 30.7 Å². The number of hydrogen-bond acceptors (Lipinski definition) is 3. The predicted molar refractivity (Wildman–Crippen MR) is 113 cm³/mol. The van der Waals surface area contributed by atoms with Crippen LogP contribution >= 0.6 is 11.6 Å². The lowest BCUT2D eigenvalue weighted by Crippen LogP contribution is -2.31. The molecule has 0 unspecified atom stereocenters. The number of hydrogen-bond donors (Lipinski definition) is 1. The summed E-state index contributed by atoms with van der Waals surface area (Å²) in [5.41, 5.74) is 2.24. The monoisotopic (exact) mass is 410 g/mol. The highest BCUT2D eigenvalue weighted by Crippen LogP contribution is 2.42. The summed E-state index contributed by atoms with van der Waals surface area (Å²) >= 11 is 6.12. The van der Waals surface area contributed by atoms with Crippen LogP contribution in [0.25, 0.3) is 0 Å². The first-order valence-corrected chi connectivity index (χ1v) is 10.3. The number of carbonyl (C=O) groups is 3. The molecule has 1 aliphatic heterocycles. The van der Waals surface area contributed by atoms with E-state index in [1.807, 2.05) is 6.92 Å². The Kier molecular flexibility index (Phi) is 5.17. The van der Waals surface area contributed by atoms with E-state index in [1.165, 1.54) is 4.90 Å². The Bertz CT molecular complexity index is 1000. The van der Waals surface area contributed by atoms with Gasteiger partial charge in [-0.2, -0.15) is 0 Å². The molecule has 150 valence electrons. The molecule has 1 N–H and O–H groups in total. The normalized spacial score (nSPS) is 23.8. The van der Waals surface area contributed by atoms with E-state index in [-0.39, 0.29) is 29.6 Å². The van der Waals surface area contributed by atoms with Gasteiger partial charge in [-0.25, -0.2) is 0 Å². The second-order valence-corrected chi connectivity index (χ2v) is 8.47. The van der Waals surface area contributed by atoms with Gasteiger partial charge in [-0.15, -0.1) is 0 Å². The largest absolute Gasteiger partial charge is 0.322 e. The second kappa shape index (κ2) is 7.64. The van der Waals surface area contributed by atoms with Crippen LogP contribution in [0.2, 0.25) is 5.02 Å². The molecule has 2 aliphatic rings. The summed E-state index contributed by atoms with van der Waals surface area (Å²) in [7, 11) is 0. The number of nitrogens with zero attached hydrogens (tertiary/aromatic N) is 1. The minimum Gasteiger partial charge on any atom is -0.322 e. The fourth-order valence-electron chi connectivity index (χ4n) is 4.37. The van der Waals surface area contributed by atoms with Crippen molar-refractivity contribution < 1.29 is 14.4 Å². The van der Waals surface area contributed by atoms with E-state index < -0.39 is 0 Å². The first-order chi connectivity index (χ1) is 13.9. The third-order valence-corrected chi connectivity index (χ3v) is 6.48. The van der Waals surface area contributed by atoms with Crippen molar-refractivity contribution in [3.05, 3.63) is 58.6 Å². The molecule has 3 amide bonds. The quantitative estimate of drug-likeness (QED) is 0.737. The van der Waals surface area contributed by atoms with Gasteiger partial charge in [0.15, 0.2) is 0 Å². The van der Waals surface area contributed by atoms with E-state index in [1.54, 1.807) is 42.5 Å². The zero-order valence-corrected chi connectivity index (χ0v) is 17.2. The Hall–Kier alpha value is -2.66. The van der Waals surface area contributed by atoms with Crippen molar-refractivity contribution in [2.45, 2.75) is 33.1 Å². The maximum Gasteiger partial charge on any atom is 0.255 e. The minimum absolute atomic E-state index is 0.143. The first-order valence-electron chi connectivity index (χ1n) is 9.91. The van der Waals surface area contributed by atoms with Gasteiger partial charge >= 0.3 is 0 Å². The third kappa shape index (κ3) is 3.55. The zero-order valence-electron chi connectivity index (χ0n) is 16.4. The van der Waals surface area contributed by atoms with E-state index in [2.05, 4.69) is 12.2 Å². The number of rotatable bonds is 3. The molecule has 1 saturated carbocycles. The summed E-state index contributed by atoms with van der Waals surface area (Å²) in [5, 5.41) is 3.42. The molecule has 4 rings (SSSR count). The molecule has 2 fully saturated rings. The number of amides is 3. The molecule has 0 aromatic heterocycles. The Morgan fingerprint density at radius 1 is 1.07 bits per heavy atom. The van der Waals surface area contributed by atoms with Crippen LogP contribution in [-0.4, -0.2) is 17.7 Å². The van der Waals surface area contributed by atoms with Crippen molar-refractivity contribution in [3.8, 4) is 0 Å². The Morgan fingerprint density at radius 3 is 2.59 bits per heavy atom. The lowest BCUT2D eigenvalue weighted by molar-refractivity contribution is -0.122. The molecule has 0 bridgehead atoms. The maximum atomic E-state index is 12.9. The highest BCUT2D eigenvalue weighted by molar-refractivity contribution is 6.31. The smallest absolute Gasteiger partial charge is 0.255 e. The lowest BCUT2D eigenvalue weighted by atomic mass is 9.76. The summed E-state index contributed by atoms with van der Waals surface area (Å²) in [6.07, 6.45) is 2.47. The minimum atomic E-state index is -0.317.